The summed E-state index contributed by atoms with van der Waals surface area (Å²) in [6, 6.07) is 16.1. The summed E-state index contributed by atoms with van der Waals surface area (Å²) in [5, 5.41) is 2.97. The van der Waals surface area contributed by atoms with E-state index in [9.17, 15) is 9.59 Å². The van der Waals surface area contributed by atoms with Crippen LogP contribution in [0.15, 0.2) is 48.5 Å². The maximum Gasteiger partial charge on any atom is 0.242 e. The van der Waals surface area contributed by atoms with E-state index in [1.165, 1.54) is 11.1 Å². The van der Waals surface area contributed by atoms with Gasteiger partial charge < -0.3 is 10.2 Å². The van der Waals surface area contributed by atoms with Crippen molar-refractivity contribution in [2.24, 2.45) is 0 Å². The lowest BCUT2D eigenvalue weighted by Crippen LogP contribution is -2.47. The zero-order chi connectivity index (χ0) is 21.9. The number of nitrogens with zero attached hydrogens (tertiary/aromatic N) is 1. The molecule has 30 heavy (non-hydrogen) atoms. The van der Waals surface area contributed by atoms with E-state index >= 15 is 0 Å². The van der Waals surface area contributed by atoms with E-state index in [2.05, 4.69) is 43.4 Å². The minimum absolute atomic E-state index is 0.00767. The summed E-state index contributed by atoms with van der Waals surface area (Å²) in [6.45, 7) is 9.18. The van der Waals surface area contributed by atoms with Crippen LogP contribution in [0.1, 0.15) is 62.3 Å². The average Bonchev–Trinajstić information content (AvgIpc) is 2.77. The number of amides is 2. The Bertz CT molecular complexity index is 797. The second-order valence-corrected chi connectivity index (χ2v) is 8.00. The molecule has 1 unspecified atom stereocenters. The van der Waals surface area contributed by atoms with Gasteiger partial charge in [-0.15, -0.1) is 0 Å². The monoisotopic (exact) mass is 408 g/mol. The molecular weight excluding hydrogens is 372 g/mol. The van der Waals surface area contributed by atoms with Crippen LogP contribution in [0.25, 0.3) is 0 Å². The highest BCUT2D eigenvalue weighted by molar-refractivity contribution is 5.87. The molecular formula is C26H36N2O2. The van der Waals surface area contributed by atoms with Gasteiger partial charge in [-0.2, -0.15) is 0 Å². The van der Waals surface area contributed by atoms with Gasteiger partial charge in [0, 0.05) is 19.5 Å². The highest BCUT2D eigenvalue weighted by Crippen LogP contribution is 2.14. The zero-order valence-corrected chi connectivity index (χ0v) is 18.9. The van der Waals surface area contributed by atoms with E-state index in [-0.39, 0.29) is 11.8 Å². The lowest BCUT2D eigenvalue weighted by atomic mass is 10.0. The molecule has 0 aliphatic carbocycles. The van der Waals surface area contributed by atoms with Gasteiger partial charge in [-0.05, 0) is 49.8 Å². The van der Waals surface area contributed by atoms with Gasteiger partial charge in [-0.3, -0.25) is 9.59 Å². The molecule has 0 saturated heterocycles. The van der Waals surface area contributed by atoms with Crippen molar-refractivity contribution in [3.05, 3.63) is 70.8 Å². The Balaban J connectivity index is 2.08. The molecule has 4 heteroatoms. The molecule has 0 heterocycles. The maximum absolute atomic E-state index is 13.1. The predicted octanol–water partition coefficient (Wildman–Crippen LogP) is 4.82. The summed E-state index contributed by atoms with van der Waals surface area (Å²) in [5.41, 5.74) is 4.66. The third-order valence-electron chi connectivity index (χ3n) is 5.53. The van der Waals surface area contributed by atoms with Gasteiger partial charge in [0.15, 0.2) is 0 Å². The molecule has 2 aromatic rings. The molecule has 2 rings (SSSR count). The standard InChI is InChI=1S/C26H36N2O2/c1-5-7-18-27-26(30)21(4)28(19-24-10-8-20(3)9-11-24)25(29)17-16-23-14-12-22(6-2)13-15-23/h8-15,21H,5-7,16-19H2,1-4H3,(H,27,30). The van der Waals surface area contributed by atoms with Crippen LogP contribution in [0.2, 0.25) is 0 Å². The first kappa shape index (κ1) is 23.7. The maximum atomic E-state index is 13.1. The Kier molecular flexibility index (Phi) is 9.59. The molecule has 162 valence electrons. The number of benzene rings is 2. The molecule has 0 aromatic heterocycles. The smallest absolute Gasteiger partial charge is 0.242 e. The number of carbonyl (C=O) groups is 2. The van der Waals surface area contributed by atoms with Gasteiger partial charge in [0.1, 0.15) is 6.04 Å². The number of rotatable bonds is 11. The van der Waals surface area contributed by atoms with Gasteiger partial charge in [-0.1, -0.05) is 74.4 Å². The normalized spacial score (nSPS) is 11.7. The lowest BCUT2D eigenvalue weighted by molar-refractivity contribution is -0.140. The summed E-state index contributed by atoms with van der Waals surface area (Å²) >= 11 is 0. The molecule has 0 radical (unpaired) electrons. The summed E-state index contributed by atoms with van der Waals surface area (Å²) in [4.78, 5) is 27.5. The number of hydrogen-bond donors (Lipinski definition) is 1. The second kappa shape index (κ2) is 12.2. The number of carbonyl (C=O) groups excluding carboxylic acids is 2. The van der Waals surface area contributed by atoms with E-state index < -0.39 is 6.04 Å². The summed E-state index contributed by atoms with van der Waals surface area (Å²) in [5.74, 6) is -0.0792. The van der Waals surface area contributed by atoms with Crippen molar-refractivity contribution in [2.75, 3.05) is 6.54 Å². The van der Waals surface area contributed by atoms with E-state index in [4.69, 9.17) is 0 Å². The summed E-state index contributed by atoms with van der Waals surface area (Å²) in [6.07, 6.45) is 4.05. The Labute approximate surface area is 181 Å². The molecule has 0 spiro atoms. The van der Waals surface area contributed by atoms with Gasteiger partial charge >= 0.3 is 0 Å². The molecule has 0 aliphatic heterocycles. The van der Waals surface area contributed by atoms with Crippen molar-refractivity contribution < 1.29 is 9.59 Å². The molecule has 2 amide bonds. The second-order valence-electron chi connectivity index (χ2n) is 8.00. The van der Waals surface area contributed by atoms with Crippen LogP contribution < -0.4 is 5.32 Å². The van der Waals surface area contributed by atoms with Crippen molar-refractivity contribution >= 4 is 11.8 Å². The highest BCUT2D eigenvalue weighted by Gasteiger charge is 2.25. The lowest BCUT2D eigenvalue weighted by Gasteiger charge is -2.29. The fourth-order valence-corrected chi connectivity index (χ4v) is 3.35. The molecule has 0 saturated carbocycles. The van der Waals surface area contributed by atoms with Crippen LogP contribution >= 0.6 is 0 Å². The molecule has 0 aliphatic rings. The third kappa shape index (κ3) is 7.33. The topological polar surface area (TPSA) is 49.4 Å². The Morgan fingerprint density at radius 1 is 0.933 bits per heavy atom. The van der Waals surface area contributed by atoms with Crippen LogP contribution in [0, 0.1) is 6.92 Å². The van der Waals surface area contributed by atoms with Crippen LogP contribution in [0.5, 0.6) is 0 Å². The average molecular weight is 409 g/mol. The third-order valence-corrected chi connectivity index (χ3v) is 5.53. The van der Waals surface area contributed by atoms with Gasteiger partial charge in [0.2, 0.25) is 11.8 Å². The first-order chi connectivity index (χ1) is 14.4. The number of unbranched alkanes of at least 4 members (excludes halogenated alkanes) is 1. The van der Waals surface area contributed by atoms with Crippen LogP contribution in [-0.4, -0.2) is 29.3 Å². The number of hydrogen-bond acceptors (Lipinski definition) is 2. The zero-order valence-electron chi connectivity index (χ0n) is 18.9. The van der Waals surface area contributed by atoms with E-state index in [0.717, 1.165) is 30.4 Å². The van der Waals surface area contributed by atoms with E-state index in [0.29, 0.717) is 25.9 Å². The molecule has 4 nitrogen and oxygen atoms in total. The molecule has 0 fully saturated rings. The summed E-state index contributed by atoms with van der Waals surface area (Å²) < 4.78 is 0. The van der Waals surface area contributed by atoms with Gasteiger partial charge in [0.05, 0.1) is 0 Å². The van der Waals surface area contributed by atoms with Crippen molar-refractivity contribution in [3.63, 3.8) is 0 Å². The Morgan fingerprint density at radius 2 is 1.53 bits per heavy atom. The minimum atomic E-state index is -0.502. The van der Waals surface area contributed by atoms with Crippen LogP contribution in [-0.2, 0) is 29.0 Å². The van der Waals surface area contributed by atoms with Crippen LogP contribution in [0.4, 0.5) is 0 Å². The van der Waals surface area contributed by atoms with Gasteiger partial charge in [-0.25, -0.2) is 0 Å². The van der Waals surface area contributed by atoms with Crippen molar-refractivity contribution in [1.29, 1.82) is 0 Å². The summed E-state index contributed by atoms with van der Waals surface area (Å²) in [7, 11) is 0. The number of aryl methyl sites for hydroxylation is 3. The Hall–Kier alpha value is -2.62. The minimum Gasteiger partial charge on any atom is -0.354 e. The Morgan fingerprint density at radius 3 is 2.13 bits per heavy atom. The van der Waals surface area contributed by atoms with Crippen molar-refractivity contribution in [2.45, 2.75) is 72.4 Å². The SMILES string of the molecule is CCCCNC(=O)C(C)N(Cc1ccc(C)cc1)C(=O)CCc1ccc(CC)cc1. The van der Waals surface area contributed by atoms with Gasteiger partial charge in [0.25, 0.3) is 0 Å². The van der Waals surface area contributed by atoms with E-state index in [1.807, 2.05) is 38.1 Å². The molecule has 1 N–H and O–H groups in total. The first-order valence-electron chi connectivity index (χ1n) is 11.1. The van der Waals surface area contributed by atoms with Crippen molar-refractivity contribution in [1.82, 2.24) is 10.2 Å². The predicted molar refractivity (Wildman–Crippen MR) is 123 cm³/mol. The fraction of sp³-hybridized carbons (Fsp3) is 0.462. The molecule has 2 aromatic carbocycles. The number of nitrogens with one attached hydrogen (secondary N) is 1. The van der Waals surface area contributed by atoms with Crippen LogP contribution in [0.3, 0.4) is 0 Å². The fourth-order valence-electron chi connectivity index (χ4n) is 3.35. The quantitative estimate of drug-likeness (QED) is 0.542. The first-order valence-corrected chi connectivity index (χ1v) is 11.1. The highest BCUT2D eigenvalue weighted by atomic mass is 16.2. The van der Waals surface area contributed by atoms with Crippen molar-refractivity contribution in [3.8, 4) is 0 Å². The molecule has 0 bridgehead atoms. The van der Waals surface area contributed by atoms with E-state index in [1.54, 1.807) is 4.90 Å². The largest absolute Gasteiger partial charge is 0.354 e. The molecule has 1 atom stereocenters.